The van der Waals surface area contributed by atoms with Crippen molar-refractivity contribution < 1.29 is 28.5 Å². The molecule has 0 amide bonds. The van der Waals surface area contributed by atoms with E-state index >= 15 is 0 Å². The number of hydrogen-bond acceptors (Lipinski definition) is 6. The Kier molecular flexibility index (Phi) is 4.15. The van der Waals surface area contributed by atoms with Gasteiger partial charge in [-0.05, 0) is 12.5 Å². The van der Waals surface area contributed by atoms with Crippen molar-refractivity contribution in [2.45, 2.75) is 38.1 Å². The first-order valence-corrected chi connectivity index (χ1v) is 8.73. The Balaban J connectivity index is 2.13. The number of hydrogen-bond donors (Lipinski definition) is 0. The smallest absolute Gasteiger partial charge is 0.309 e. The topological polar surface area (TPSA) is 63.2 Å². The van der Waals surface area contributed by atoms with Gasteiger partial charge in [-0.25, -0.2) is 0 Å². The van der Waals surface area contributed by atoms with Crippen LogP contribution in [0.15, 0.2) is 18.2 Å². The van der Waals surface area contributed by atoms with Gasteiger partial charge < -0.3 is 23.7 Å². The average molecular weight is 358 g/mol. The Morgan fingerprint density at radius 1 is 1.08 bits per heavy atom. The van der Waals surface area contributed by atoms with Crippen LogP contribution in [0.5, 0.6) is 17.2 Å². The van der Waals surface area contributed by atoms with Gasteiger partial charge in [-0.3, -0.25) is 4.79 Å². The summed E-state index contributed by atoms with van der Waals surface area (Å²) < 4.78 is 29.0. The van der Waals surface area contributed by atoms with Crippen molar-refractivity contribution in [2.75, 3.05) is 21.3 Å². The lowest BCUT2D eigenvalue weighted by Gasteiger charge is -2.35. The van der Waals surface area contributed by atoms with E-state index in [1.54, 1.807) is 21.3 Å². The van der Waals surface area contributed by atoms with Gasteiger partial charge in [0.1, 0.15) is 23.4 Å². The van der Waals surface area contributed by atoms with Crippen LogP contribution < -0.4 is 14.2 Å². The Morgan fingerprint density at radius 3 is 2.50 bits per heavy atom. The van der Waals surface area contributed by atoms with E-state index in [4.69, 9.17) is 23.7 Å². The van der Waals surface area contributed by atoms with Crippen LogP contribution >= 0.6 is 0 Å². The minimum Gasteiger partial charge on any atom is -0.496 e. The molecule has 26 heavy (non-hydrogen) atoms. The number of fused-ring (bicyclic) bond motifs is 4. The second-order valence-electron chi connectivity index (χ2n) is 6.46. The van der Waals surface area contributed by atoms with Crippen molar-refractivity contribution in [3.05, 3.63) is 29.3 Å². The van der Waals surface area contributed by atoms with E-state index in [0.717, 1.165) is 28.3 Å². The Morgan fingerprint density at radius 2 is 1.85 bits per heavy atom. The lowest BCUT2D eigenvalue weighted by Crippen LogP contribution is -2.28. The lowest BCUT2D eigenvalue weighted by molar-refractivity contribution is -0.143. The van der Waals surface area contributed by atoms with E-state index in [9.17, 15) is 4.79 Å². The lowest BCUT2D eigenvalue weighted by atomic mass is 9.86. The molecule has 0 bridgehead atoms. The van der Waals surface area contributed by atoms with Gasteiger partial charge in [-0.1, -0.05) is 19.1 Å². The van der Waals surface area contributed by atoms with Crippen molar-refractivity contribution in [2.24, 2.45) is 0 Å². The first-order chi connectivity index (χ1) is 12.6. The maximum Gasteiger partial charge on any atom is 0.309 e. The fourth-order valence-corrected chi connectivity index (χ4v) is 4.16. The highest BCUT2D eigenvalue weighted by atomic mass is 16.6. The molecule has 0 aliphatic carbocycles. The van der Waals surface area contributed by atoms with Gasteiger partial charge in [0, 0.05) is 16.5 Å². The highest BCUT2D eigenvalue weighted by Gasteiger charge is 2.47. The fraction of sp³-hybridized carbons (Fsp3) is 0.450. The molecule has 1 saturated heterocycles. The summed E-state index contributed by atoms with van der Waals surface area (Å²) in [6.07, 6.45) is -0.00688. The van der Waals surface area contributed by atoms with Crippen molar-refractivity contribution in [1.29, 1.82) is 0 Å². The summed E-state index contributed by atoms with van der Waals surface area (Å²) in [6.45, 7) is 2.05. The van der Waals surface area contributed by atoms with Crippen LogP contribution in [0.2, 0.25) is 0 Å². The van der Waals surface area contributed by atoms with Gasteiger partial charge >= 0.3 is 5.97 Å². The SMILES string of the molecule is CC[C@@H]1O[C@@H]2CC(=O)O[C@@H]2c2c1c(OC)c1c(OC)cccc1c2OC. The van der Waals surface area contributed by atoms with E-state index in [2.05, 4.69) is 0 Å². The quantitative estimate of drug-likeness (QED) is 0.777. The van der Waals surface area contributed by atoms with Gasteiger partial charge in [0.25, 0.3) is 0 Å². The summed E-state index contributed by atoms with van der Waals surface area (Å²) in [6, 6.07) is 5.76. The highest BCUT2D eigenvalue weighted by Crippen LogP contribution is 2.55. The molecule has 2 heterocycles. The molecule has 3 atom stereocenters. The number of esters is 1. The molecular weight excluding hydrogens is 336 g/mol. The fourth-order valence-electron chi connectivity index (χ4n) is 4.16. The maximum atomic E-state index is 11.9. The van der Waals surface area contributed by atoms with Crippen molar-refractivity contribution in [1.82, 2.24) is 0 Å². The molecule has 0 N–H and O–H groups in total. The number of carbonyl (C=O) groups excluding carboxylic acids is 1. The molecule has 0 unspecified atom stereocenters. The predicted octanol–water partition coefficient (Wildman–Crippen LogP) is 3.70. The molecule has 0 aromatic heterocycles. The first-order valence-electron chi connectivity index (χ1n) is 8.73. The van der Waals surface area contributed by atoms with Crippen molar-refractivity contribution in [3.8, 4) is 17.2 Å². The Bertz CT molecular complexity index is 874. The third-order valence-corrected chi connectivity index (χ3v) is 5.19. The van der Waals surface area contributed by atoms with Gasteiger partial charge in [0.05, 0.1) is 39.2 Å². The minimum absolute atomic E-state index is 0.209. The molecule has 6 heteroatoms. The van der Waals surface area contributed by atoms with Crippen LogP contribution in [0.1, 0.15) is 43.1 Å². The van der Waals surface area contributed by atoms with Crippen LogP contribution in [-0.4, -0.2) is 33.4 Å². The summed E-state index contributed by atoms with van der Waals surface area (Å²) in [7, 11) is 4.89. The molecule has 2 aromatic carbocycles. The van der Waals surface area contributed by atoms with Crippen LogP contribution in [0, 0.1) is 0 Å². The van der Waals surface area contributed by atoms with Gasteiger partial charge in [0.15, 0.2) is 6.10 Å². The van der Waals surface area contributed by atoms with Crippen LogP contribution in [0.3, 0.4) is 0 Å². The minimum atomic E-state index is -0.486. The predicted molar refractivity (Wildman–Crippen MR) is 95.0 cm³/mol. The molecule has 4 rings (SSSR count). The molecule has 2 aromatic rings. The summed E-state index contributed by atoms with van der Waals surface area (Å²) in [5, 5.41) is 1.69. The standard InChI is InChI=1S/C20H22O6/c1-5-11-16-17(19-13(25-11)9-14(21)26-19)18(23-3)10-7-6-8-12(22-2)15(10)20(16)24-4/h6-8,11,13,19H,5,9H2,1-4H3/t11-,13+,19-/m0/s1. The Hall–Kier alpha value is -2.47. The zero-order valence-electron chi connectivity index (χ0n) is 15.3. The summed E-state index contributed by atoms with van der Waals surface area (Å²) in [5.41, 5.74) is 1.72. The van der Waals surface area contributed by atoms with Crippen LogP contribution in [-0.2, 0) is 14.3 Å². The summed E-state index contributed by atoms with van der Waals surface area (Å²) >= 11 is 0. The summed E-state index contributed by atoms with van der Waals surface area (Å²) in [5.74, 6) is 1.80. The van der Waals surface area contributed by atoms with Gasteiger partial charge in [-0.2, -0.15) is 0 Å². The molecule has 0 saturated carbocycles. The second kappa shape index (κ2) is 6.36. The molecule has 138 valence electrons. The molecule has 2 aliphatic rings. The number of rotatable bonds is 4. The molecule has 0 radical (unpaired) electrons. The highest BCUT2D eigenvalue weighted by molar-refractivity contribution is 6.01. The number of benzene rings is 2. The van der Waals surface area contributed by atoms with E-state index < -0.39 is 6.10 Å². The largest absolute Gasteiger partial charge is 0.496 e. The zero-order valence-corrected chi connectivity index (χ0v) is 15.3. The monoisotopic (exact) mass is 358 g/mol. The van der Waals surface area contributed by atoms with Gasteiger partial charge in [0.2, 0.25) is 0 Å². The number of methoxy groups -OCH3 is 3. The van der Waals surface area contributed by atoms with E-state index in [-0.39, 0.29) is 24.6 Å². The molecule has 2 aliphatic heterocycles. The maximum absolute atomic E-state index is 11.9. The molecule has 6 nitrogen and oxygen atoms in total. The normalized spacial score (nSPS) is 24.0. The van der Waals surface area contributed by atoms with Gasteiger partial charge in [-0.15, -0.1) is 0 Å². The third kappa shape index (κ3) is 2.25. The molecular formula is C20H22O6. The first kappa shape index (κ1) is 17.0. The van der Waals surface area contributed by atoms with Crippen LogP contribution in [0.4, 0.5) is 0 Å². The summed E-state index contributed by atoms with van der Waals surface area (Å²) in [4.78, 5) is 11.9. The molecule has 1 fully saturated rings. The second-order valence-corrected chi connectivity index (χ2v) is 6.46. The Labute approximate surface area is 151 Å². The van der Waals surface area contributed by atoms with Crippen molar-refractivity contribution >= 4 is 16.7 Å². The average Bonchev–Trinajstić information content (AvgIpc) is 3.04. The third-order valence-electron chi connectivity index (χ3n) is 5.19. The zero-order chi connectivity index (χ0) is 18.4. The number of carbonyl (C=O) groups is 1. The van der Waals surface area contributed by atoms with Crippen molar-refractivity contribution in [3.63, 3.8) is 0 Å². The van der Waals surface area contributed by atoms with E-state index in [0.29, 0.717) is 17.2 Å². The number of ether oxygens (including phenoxy) is 5. The van der Waals surface area contributed by atoms with E-state index in [1.807, 2.05) is 25.1 Å². The van der Waals surface area contributed by atoms with E-state index in [1.165, 1.54) is 0 Å². The molecule has 0 spiro atoms. The van der Waals surface area contributed by atoms with Crippen LogP contribution in [0.25, 0.3) is 10.8 Å².